The molecule has 2 aromatic carbocycles. The number of benzene rings is 2. The maximum atomic E-state index is 11.1. The molecule has 2 aromatic rings. The number of halogens is 1. The van der Waals surface area contributed by atoms with Crippen LogP contribution >= 0.6 is 15.9 Å². The summed E-state index contributed by atoms with van der Waals surface area (Å²) in [5.41, 5.74) is 2.01. The largest absolute Gasteiger partial charge is 0.478 e. The smallest absolute Gasteiger partial charge is 0.336 e. The summed E-state index contributed by atoms with van der Waals surface area (Å²) in [6, 6.07) is 14.7. The molecule has 0 saturated heterocycles. The number of carboxylic acids is 1. The molecule has 0 radical (unpaired) electrons. The van der Waals surface area contributed by atoms with Crippen molar-refractivity contribution in [2.24, 2.45) is 0 Å². The monoisotopic (exact) mass is 302 g/mol. The van der Waals surface area contributed by atoms with Crippen LogP contribution in [-0.2, 0) is 0 Å². The molecule has 3 heteroatoms. The van der Waals surface area contributed by atoms with Crippen molar-refractivity contribution in [2.75, 3.05) is 0 Å². The zero-order valence-electron chi connectivity index (χ0n) is 9.51. The van der Waals surface area contributed by atoms with Crippen molar-refractivity contribution in [3.05, 3.63) is 69.7 Å². The molecule has 2 rings (SSSR count). The van der Waals surface area contributed by atoms with Gasteiger partial charge in [0.1, 0.15) is 0 Å². The van der Waals surface area contributed by atoms with E-state index in [1.807, 2.05) is 42.5 Å². The van der Waals surface area contributed by atoms with Gasteiger partial charge in [-0.2, -0.15) is 0 Å². The molecule has 0 aliphatic carbocycles. The first-order valence-electron chi connectivity index (χ1n) is 5.43. The number of rotatable bonds is 3. The minimum Gasteiger partial charge on any atom is -0.478 e. The van der Waals surface area contributed by atoms with E-state index in [0.717, 1.165) is 10.0 Å². The van der Waals surface area contributed by atoms with E-state index in [1.165, 1.54) is 0 Å². The van der Waals surface area contributed by atoms with Crippen LogP contribution in [0.4, 0.5) is 0 Å². The van der Waals surface area contributed by atoms with Crippen LogP contribution in [0.5, 0.6) is 0 Å². The molecule has 18 heavy (non-hydrogen) atoms. The van der Waals surface area contributed by atoms with Crippen LogP contribution in [0.2, 0.25) is 0 Å². The molecule has 1 N–H and O–H groups in total. The topological polar surface area (TPSA) is 37.3 Å². The van der Waals surface area contributed by atoms with Crippen molar-refractivity contribution in [1.29, 1.82) is 0 Å². The zero-order valence-corrected chi connectivity index (χ0v) is 11.1. The Bertz CT molecular complexity index is 603. The van der Waals surface area contributed by atoms with E-state index in [0.29, 0.717) is 11.1 Å². The quantitative estimate of drug-likeness (QED) is 0.858. The van der Waals surface area contributed by atoms with Gasteiger partial charge in [0.05, 0.1) is 5.56 Å². The number of hydrogen-bond donors (Lipinski definition) is 1. The highest BCUT2D eigenvalue weighted by Gasteiger charge is 2.05. The van der Waals surface area contributed by atoms with Crippen LogP contribution in [0.15, 0.2) is 53.0 Å². The second-order valence-corrected chi connectivity index (χ2v) is 4.60. The van der Waals surface area contributed by atoms with Gasteiger partial charge in [-0.05, 0) is 23.3 Å². The Morgan fingerprint density at radius 1 is 0.944 bits per heavy atom. The summed E-state index contributed by atoms with van der Waals surface area (Å²) < 4.78 is 0.981. The molecule has 0 fully saturated rings. The third-order valence-corrected chi connectivity index (χ3v) is 3.26. The Morgan fingerprint density at radius 2 is 1.50 bits per heavy atom. The van der Waals surface area contributed by atoms with Crippen molar-refractivity contribution < 1.29 is 9.90 Å². The molecule has 0 bridgehead atoms. The molecule has 0 aliphatic rings. The standard InChI is InChI=1S/C15H11BrO2/c16-14-8-4-2-6-12(14)10-9-11-5-1-3-7-13(11)15(17)18/h1-10H,(H,17,18)/b10-9+. The summed E-state index contributed by atoms with van der Waals surface area (Å²) >= 11 is 3.45. The van der Waals surface area contributed by atoms with E-state index in [2.05, 4.69) is 15.9 Å². The lowest BCUT2D eigenvalue weighted by Gasteiger charge is -2.01. The van der Waals surface area contributed by atoms with Crippen LogP contribution in [0.25, 0.3) is 12.2 Å². The van der Waals surface area contributed by atoms with E-state index >= 15 is 0 Å². The van der Waals surface area contributed by atoms with Crippen molar-refractivity contribution in [1.82, 2.24) is 0 Å². The summed E-state index contributed by atoms with van der Waals surface area (Å²) in [5, 5.41) is 9.07. The number of carbonyl (C=O) groups is 1. The van der Waals surface area contributed by atoms with Gasteiger partial charge in [0, 0.05) is 4.47 Å². The second-order valence-electron chi connectivity index (χ2n) is 3.75. The van der Waals surface area contributed by atoms with Gasteiger partial charge in [-0.25, -0.2) is 4.79 Å². The van der Waals surface area contributed by atoms with Crippen molar-refractivity contribution in [3.63, 3.8) is 0 Å². The molecule has 0 unspecified atom stereocenters. The molecule has 90 valence electrons. The molecular weight excluding hydrogens is 292 g/mol. The van der Waals surface area contributed by atoms with Crippen molar-refractivity contribution >= 4 is 34.1 Å². The van der Waals surface area contributed by atoms with Gasteiger partial charge >= 0.3 is 5.97 Å². The fourth-order valence-electron chi connectivity index (χ4n) is 1.63. The predicted octanol–water partition coefficient (Wildman–Crippen LogP) is 4.32. The van der Waals surface area contributed by atoms with Gasteiger partial charge in [0.25, 0.3) is 0 Å². The number of hydrogen-bond acceptors (Lipinski definition) is 1. The first-order chi connectivity index (χ1) is 8.68. The Labute approximate surface area is 114 Å². The van der Waals surface area contributed by atoms with Crippen LogP contribution in [-0.4, -0.2) is 11.1 Å². The van der Waals surface area contributed by atoms with Crippen molar-refractivity contribution in [3.8, 4) is 0 Å². The molecule has 0 aromatic heterocycles. The summed E-state index contributed by atoms with van der Waals surface area (Å²) in [5.74, 6) is -0.914. The fraction of sp³-hybridized carbons (Fsp3) is 0. The van der Waals surface area contributed by atoms with Gasteiger partial charge in [0.2, 0.25) is 0 Å². The van der Waals surface area contributed by atoms with Crippen LogP contribution in [0.3, 0.4) is 0 Å². The molecular formula is C15H11BrO2. The Hall–Kier alpha value is -1.87. The Balaban J connectivity index is 2.35. The molecule has 0 atom stereocenters. The molecule has 2 nitrogen and oxygen atoms in total. The van der Waals surface area contributed by atoms with E-state index in [-0.39, 0.29) is 0 Å². The van der Waals surface area contributed by atoms with Crippen molar-refractivity contribution in [2.45, 2.75) is 0 Å². The molecule has 0 saturated carbocycles. The van der Waals surface area contributed by atoms with E-state index < -0.39 is 5.97 Å². The van der Waals surface area contributed by atoms with E-state index in [9.17, 15) is 4.79 Å². The van der Waals surface area contributed by atoms with Gasteiger partial charge in [-0.15, -0.1) is 0 Å². The average molecular weight is 303 g/mol. The summed E-state index contributed by atoms with van der Waals surface area (Å²) in [4.78, 5) is 11.1. The average Bonchev–Trinajstić information content (AvgIpc) is 2.38. The normalized spacial score (nSPS) is 10.7. The van der Waals surface area contributed by atoms with Crippen LogP contribution < -0.4 is 0 Å². The van der Waals surface area contributed by atoms with Gasteiger partial charge in [0.15, 0.2) is 0 Å². The molecule has 0 aliphatic heterocycles. The lowest BCUT2D eigenvalue weighted by molar-refractivity contribution is 0.0696. The van der Waals surface area contributed by atoms with Gasteiger partial charge in [-0.3, -0.25) is 0 Å². The Kier molecular flexibility index (Phi) is 3.95. The highest BCUT2D eigenvalue weighted by Crippen LogP contribution is 2.19. The minimum absolute atomic E-state index is 0.306. The summed E-state index contributed by atoms with van der Waals surface area (Å²) in [7, 11) is 0. The predicted molar refractivity (Wildman–Crippen MR) is 76.5 cm³/mol. The Morgan fingerprint density at radius 3 is 2.17 bits per heavy atom. The summed E-state index contributed by atoms with van der Waals surface area (Å²) in [6.07, 6.45) is 3.70. The highest BCUT2D eigenvalue weighted by molar-refractivity contribution is 9.10. The maximum absolute atomic E-state index is 11.1. The molecule has 0 amide bonds. The zero-order chi connectivity index (χ0) is 13.0. The summed E-state index contributed by atoms with van der Waals surface area (Å²) in [6.45, 7) is 0. The lowest BCUT2D eigenvalue weighted by Crippen LogP contribution is -1.98. The number of aromatic carboxylic acids is 1. The third-order valence-electron chi connectivity index (χ3n) is 2.54. The maximum Gasteiger partial charge on any atom is 0.336 e. The SMILES string of the molecule is O=C(O)c1ccccc1/C=C/c1ccccc1Br. The fourth-order valence-corrected chi connectivity index (χ4v) is 2.04. The molecule has 0 heterocycles. The van der Waals surface area contributed by atoms with Gasteiger partial charge < -0.3 is 5.11 Å². The van der Waals surface area contributed by atoms with Crippen LogP contribution in [0, 0.1) is 0 Å². The second kappa shape index (κ2) is 5.65. The highest BCUT2D eigenvalue weighted by atomic mass is 79.9. The minimum atomic E-state index is -0.914. The van der Waals surface area contributed by atoms with Crippen LogP contribution in [0.1, 0.15) is 21.5 Å². The lowest BCUT2D eigenvalue weighted by atomic mass is 10.1. The third kappa shape index (κ3) is 2.87. The van der Waals surface area contributed by atoms with E-state index in [4.69, 9.17) is 5.11 Å². The first-order valence-corrected chi connectivity index (χ1v) is 6.23. The molecule has 0 spiro atoms. The number of carboxylic acid groups (broad SMARTS) is 1. The van der Waals surface area contributed by atoms with E-state index in [1.54, 1.807) is 18.2 Å². The van der Waals surface area contributed by atoms with Gasteiger partial charge in [-0.1, -0.05) is 64.5 Å². The first kappa shape index (κ1) is 12.6.